The summed E-state index contributed by atoms with van der Waals surface area (Å²) in [6.45, 7) is 1.33. The third-order valence-electron chi connectivity index (χ3n) is 2.93. The molecule has 120 valence electrons. The molecule has 1 heterocycles. The van der Waals surface area contributed by atoms with Crippen LogP contribution in [0.3, 0.4) is 0 Å². The van der Waals surface area contributed by atoms with E-state index in [1.165, 1.54) is 20.1 Å². The average molecular weight is 318 g/mol. The Morgan fingerprint density at radius 1 is 1.35 bits per heavy atom. The lowest BCUT2D eigenvalue weighted by Crippen LogP contribution is -2.12. The molecular formula is C15H14N2O6. The van der Waals surface area contributed by atoms with Crippen molar-refractivity contribution in [2.24, 2.45) is 0 Å². The van der Waals surface area contributed by atoms with Crippen molar-refractivity contribution in [3.63, 3.8) is 0 Å². The lowest BCUT2D eigenvalue weighted by Gasteiger charge is -2.04. The smallest absolute Gasteiger partial charge is 0.343 e. The first-order valence-electron chi connectivity index (χ1n) is 6.59. The molecule has 0 saturated carbocycles. The highest BCUT2D eigenvalue weighted by Crippen LogP contribution is 2.24. The Kier molecular flexibility index (Phi) is 5.08. The van der Waals surface area contributed by atoms with Crippen molar-refractivity contribution in [1.29, 1.82) is 0 Å². The van der Waals surface area contributed by atoms with Crippen LogP contribution in [0.25, 0.3) is 12.2 Å². The predicted molar refractivity (Wildman–Crippen MR) is 80.8 cm³/mol. The molecule has 1 aromatic heterocycles. The maximum Gasteiger partial charge on any atom is 0.343 e. The number of aromatic nitrogens is 1. The summed E-state index contributed by atoms with van der Waals surface area (Å²) >= 11 is 0. The highest BCUT2D eigenvalue weighted by molar-refractivity contribution is 5.72. The molecule has 2 rings (SSSR count). The van der Waals surface area contributed by atoms with E-state index in [-0.39, 0.29) is 23.7 Å². The van der Waals surface area contributed by atoms with Crippen molar-refractivity contribution in [2.45, 2.75) is 6.92 Å². The standard InChI is InChI=1S/C15H14N2O6/c1-10-15(17(19)20)13(23-16-10)8-5-11-3-6-12(7-4-11)22-9-14(18)21-2/h3-8H,9H2,1-2H3. The van der Waals surface area contributed by atoms with Gasteiger partial charge in [-0.1, -0.05) is 23.4 Å². The van der Waals surface area contributed by atoms with Crippen LogP contribution in [0.2, 0.25) is 0 Å². The summed E-state index contributed by atoms with van der Waals surface area (Å²) in [6.07, 6.45) is 3.12. The fourth-order valence-corrected chi connectivity index (χ4v) is 1.76. The van der Waals surface area contributed by atoms with Crippen LogP contribution in [-0.4, -0.2) is 29.8 Å². The highest BCUT2D eigenvalue weighted by Gasteiger charge is 2.21. The van der Waals surface area contributed by atoms with E-state index >= 15 is 0 Å². The zero-order valence-corrected chi connectivity index (χ0v) is 12.5. The molecule has 0 bridgehead atoms. The number of methoxy groups -OCH3 is 1. The molecule has 0 N–H and O–H groups in total. The van der Waals surface area contributed by atoms with Gasteiger partial charge in [0, 0.05) is 0 Å². The van der Waals surface area contributed by atoms with Crippen LogP contribution in [0.1, 0.15) is 17.0 Å². The van der Waals surface area contributed by atoms with Crippen molar-refractivity contribution in [1.82, 2.24) is 5.16 Å². The fourth-order valence-electron chi connectivity index (χ4n) is 1.76. The van der Waals surface area contributed by atoms with Crippen LogP contribution >= 0.6 is 0 Å². The molecule has 8 heteroatoms. The zero-order chi connectivity index (χ0) is 16.8. The maximum absolute atomic E-state index is 11.0. The first-order chi connectivity index (χ1) is 11.0. The molecule has 0 aliphatic carbocycles. The molecule has 0 spiro atoms. The largest absolute Gasteiger partial charge is 0.482 e. The minimum atomic E-state index is -0.532. The van der Waals surface area contributed by atoms with Gasteiger partial charge in [-0.2, -0.15) is 0 Å². The second-order valence-corrected chi connectivity index (χ2v) is 4.51. The van der Waals surface area contributed by atoms with Gasteiger partial charge in [-0.05, 0) is 30.7 Å². The Hall–Kier alpha value is -3.16. The summed E-state index contributed by atoms with van der Waals surface area (Å²) in [5, 5.41) is 14.5. The van der Waals surface area contributed by atoms with Gasteiger partial charge in [-0.3, -0.25) is 10.1 Å². The number of nitrogens with zero attached hydrogens (tertiary/aromatic N) is 2. The van der Waals surface area contributed by atoms with Crippen LogP contribution in [0, 0.1) is 17.0 Å². The van der Waals surface area contributed by atoms with E-state index in [9.17, 15) is 14.9 Å². The maximum atomic E-state index is 11.0. The summed E-state index contributed by atoms with van der Waals surface area (Å²) in [4.78, 5) is 21.4. The van der Waals surface area contributed by atoms with Crippen LogP contribution < -0.4 is 4.74 Å². The molecule has 0 radical (unpaired) electrons. The Bertz CT molecular complexity index is 733. The number of ether oxygens (including phenoxy) is 2. The molecule has 8 nitrogen and oxygen atoms in total. The number of rotatable bonds is 6. The zero-order valence-electron chi connectivity index (χ0n) is 12.5. The van der Waals surface area contributed by atoms with Gasteiger partial charge >= 0.3 is 11.7 Å². The van der Waals surface area contributed by atoms with Crippen molar-refractivity contribution in [3.8, 4) is 5.75 Å². The quantitative estimate of drug-likeness (QED) is 0.458. The second-order valence-electron chi connectivity index (χ2n) is 4.51. The van der Waals surface area contributed by atoms with E-state index in [4.69, 9.17) is 9.26 Å². The average Bonchev–Trinajstić information content (AvgIpc) is 2.92. The van der Waals surface area contributed by atoms with Gasteiger partial charge in [0.2, 0.25) is 5.76 Å². The topological polar surface area (TPSA) is 105 Å². The predicted octanol–water partition coefficient (Wildman–Crippen LogP) is 2.61. The molecule has 2 aromatic rings. The SMILES string of the molecule is COC(=O)COc1ccc(C=Cc2onc(C)c2[N+](=O)[O-])cc1. The van der Waals surface area contributed by atoms with Gasteiger partial charge in [0.1, 0.15) is 5.75 Å². The highest BCUT2D eigenvalue weighted by atomic mass is 16.6. The van der Waals surface area contributed by atoms with Gasteiger partial charge in [0.05, 0.1) is 12.0 Å². The Balaban J connectivity index is 2.06. The minimum absolute atomic E-state index is 0.0820. The van der Waals surface area contributed by atoms with E-state index in [2.05, 4.69) is 9.89 Å². The van der Waals surface area contributed by atoms with Crippen molar-refractivity contribution < 1.29 is 23.7 Å². The van der Waals surface area contributed by atoms with Crippen LogP contribution in [0.15, 0.2) is 28.8 Å². The van der Waals surface area contributed by atoms with E-state index in [1.807, 2.05) is 0 Å². The molecule has 0 aliphatic heterocycles. The Morgan fingerprint density at radius 2 is 2.04 bits per heavy atom. The van der Waals surface area contributed by atoms with Gasteiger partial charge < -0.3 is 14.0 Å². The number of aryl methyl sites for hydroxylation is 1. The monoisotopic (exact) mass is 318 g/mol. The summed E-state index contributed by atoms with van der Waals surface area (Å²) in [7, 11) is 1.28. The van der Waals surface area contributed by atoms with E-state index in [1.54, 1.807) is 30.3 Å². The Morgan fingerprint density at radius 3 is 2.65 bits per heavy atom. The van der Waals surface area contributed by atoms with Gasteiger partial charge in [0.15, 0.2) is 12.3 Å². The molecule has 0 fully saturated rings. The number of hydrogen-bond acceptors (Lipinski definition) is 7. The molecule has 0 atom stereocenters. The third kappa shape index (κ3) is 4.16. The fraction of sp³-hybridized carbons (Fsp3) is 0.200. The summed E-state index contributed by atoms with van der Waals surface area (Å²) in [5.41, 5.74) is 0.847. The van der Waals surface area contributed by atoms with Crippen molar-refractivity contribution >= 4 is 23.8 Å². The van der Waals surface area contributed by atoms with Crippen molar-refractivity contribution in [3.05, 3.63) is 51.4 Å². The second kappa shape index (κ2) is 7.21. The molecular weight excluding hydrogens is 304 g/mol. The number of nitro groups is 1. The lowest BCUT2D eigenvalue weighted by atomic mass is 10.2. The molecule has 0 saturated heterocycles. The molecule has 1 aromatic carbocycles. The number of benzene rings is 1. The first kappa shape index (κ1) is 16.2. The number of carbonyl (C=O) groups is 1. The van der Waals surface area contributed by atoms with Gasteiger partial charge in [-0.15, -0.1) is 0 Å². The summed E-state index contributed by atoms with van der Waals surface area (Å²) in [6, 6.07) is 6.81. The third-order valence-corrected chi connectivity index (χ3v) is 2.93. The lowest BCUT2D eigenvalue weighted by molar-refractivity contribution is -0.386. The summed E-state index contributed by atoms with van der Waals surface area (Å²) in [5.74, 6) is 0.120. The van der Waals surface area contributed by atoms with Crippen LogP contribution in [0.4, 0.5) is 5.69 Å². The van der Waals surface area contributed by atoms with E-state index < -0.39 is 10.9 Å². The van der Waals surface area contributed by atoms with Crippen LogP contribution in [-0.2, 0) is 9.53 Å². The van der Waals surface area contributed by atoms with E-state index in [0.29, 0.717) is 5.75 Å². The molecule has 0 aliphatic rings. The molecule has 23 heavy (non-hydrogen) atoms. The summed E-state index contributed by atoms with van der Waals surface area (Å²) < 4.78 is 14.6. The first-order valence-corrected chi connectivity index (χ1v) is 6.59. The van der Waals surface area contributed by atoms with E-state index in [0.717, 1.165) is 5.56 Å². The molecule has 0 unspecified atom stereocenters. The number of esters is 1. The van der Waals surface area contributed by atoms with Crippen LogP contribution in [0.5, 0.6) is 5.75 Å². The minimum Gasteiger partial charge on any atom is -0.482 e. The Labute approximate surface area is 131 Å². The molecule has 0 amide bonds. The number of carbonyl (C=O) groups excluding carboxylic acids is 1. The van der Waals surface area contributed by atoms with Gasteiger partial charge in [0.25, 0.3) is 0 Å². The van der Waals surface area contributed by atoms with Crippen molar-refractivity contribution in [2.75, 3.05) is 13.7 Å². The normalized spacial score (nSPS) is 10.7. The number of hydrogen-bond donors (Lipinski definition) is 0. The van der Waals surface area contributed by atoms with Gasteiger partial charge in [-0.25, -0.2) is 4.79 Å².